The fraction of sp³-hybridized carbons (Fsp3) is 0.375. The molecule has 1 rings (SSSR count). The monoisotopic (exact) mass is 170 g/mol. The summed E-state index contributed by atoms with van der Waals surface area (Å²) < 4.78 is 0. The van der Waals surface area contributed by atoms with Crippen LogP contribution in [0.2, 0.25) is 0 Å². The van der Waals surface area contributed by atoms with Crippen molar-refractivity contribution in [1.29, 1.82) is 0 Å². The molecule has 0 bridgehead atoms. The molecule has 0 aliphatic rings. The van der Waals surface area contributed by atoms with Crippen molar-refractivity contribution in [3.8, 4) is 0 Å². The second kappa shape index (κ2) is 3.15. The number of hydrogen-bond donors (Lipinski definition) is 1. The SMILES string of the molecule is Cc1sc(C=O)cc1C(C)O. The average molecular weight is 170 g/mol. The molecule has 0 aliphatic heterocycles. The van der Waals surface area contributed by atoms with Gasteiger partial charge in [0.05, 0.1) is 11.0 Å². The van der Waals surface area contributed by atoms with Crippen LogP contribution in [0.3, 0.4) is 0 Å². The van der Waals surface area contributed by atoms with E-state index < -0.39 is 6.10 Å². The maximum atomic E-state index is 10.3. The Labute approximate surface area is 69.5 Å². The lowest BCUT2D eigenvalue weighted by Gasteiger charge is -2.00. The van der Waals surface area contributed by atoms with Crippen LogP contribution in [0.5, 0.6) is 0 Å². The summed E-state index contributed by atoms with van der Waals surface area (Å²) in [5.41, 5.74) is 0.858. The van der Waals surface area contributed by atoms with Gasteiger partial charge in [-0.3, -0.25) is 4.79 Å². The lowest BCUT2D eigenvalue weighted by molar-refractivity contribution is 0.112. The highest BCUT2D eigenvalue weighted by atomic mass is 32.1. The van der Waals surface area contributed by atoms with Crippen LogP contribution in [0.1, 0.15) is 33.1 Å². The normalized spacial score (nSPS) is 13.0. The van der Waals surface area contributed by atoms with Crippen molar-refractivity contribution >= 4 is 17.6 Å². The largest absolute Gasteiger partial charge is 0.389 e. The molecule has 1 atom stereocenters. The van der Waals surface area contributed by atoms with E-state index in [4.69, 9.17) is 0 Å². The molecule has 1 heterocycles. The zero-order chi connectivity index (χ0) is 8.43. The van der Waals surface area contributed by atoms with Gasteiger partial charge < -0.3 is 5.11 Å². The molecule has 1 N–H and O–H groups in total. The Balaban J connectivity index is 3.06. The van der Waals surface area contributed by atoms with Crippen molar-refractivity contribution in [3.63, 3.8) is 0 Å². The van der Waals surface area contributed by atoms with Gasteiger partial charge in [0.1, 0.15) is 0 Å². The van der Waals surface area contributed by atoms with Crippen molar-refractivity contribution in [2.45, 2.75) is 20.0 Å². The molecule has 60 valence electrons. The molecule has 0 fully saturated rings. The quantitative estimate of drug-likeness (QED) is 0.688. The molecule has 1 aromatic heterocycles. The average Bonchev–Trinajstić information content (AvgIpc) is 2.30. The van der Waals surface area contributed by atoms with Gasteiger partial charge in [0.25, 0.3) is 0 Å². The van der Waals surface area contributed by atoms with Gasteiger partial charge in [-0.05, 0) is 25.5 Å². The van der Waals surface area contributed by atoms with Crippen LogP contribution in [0.15, 0.2) is 6.07 Å². The van der Waals surface area contributed by atoms with E-state index in [-0.39, 0.29) is 0 Å². The van der Waals surface area contributed by atoms with Gasteiger partial charge in [0.2, 0.25) is 0 Å². The smallest absolute Gasteiger partial charge is 0.160 e. The molecule has 0 saturated carbocycles. The predicted octanol–water partition coefficient (Wildman–Crippen LogP) is 1.92. The third-order valence-corrected chi connectivity index (χ3v) is 2.53. The molecular weight excluding hydrogens is 160 g/mol. The lowest BCUT2D eigenvalue weighted by atomic mass is 10.1. The summed E-state index contributed by atoms with van der Waals surface area (Å²) in [6.07, 6.45) is 0.337. The number of rotatable bonds is 2. The zero-order valence-corrected chi connectivity index (χ0v) is 7.31. The number of aryl methyl sites for hydroxylation is 1. The molecule has 0 aromatic carbocycles. The Hall–Kier alpha value is -0.670. The Morgan fingerprint density at radius 2 is 2.36 bits per heavy atom. The predicted molar refractivity (Wildman–Crippen MR) is 45.1 cm³/mol. The highest BCUT2D eigenvalue weighted by Gasteiger charge is 2.08. The van der Waals surface area contributed by atoms with Gasteiger partial charge in [-0.2, -0.15) is 0 Å². The lowest BCUT2D eigenvalue weighted by Crippen LogP contribution is -1.89. The van der Waals surface area contributed by atoms with Crippen molar-refractivity contribution in [3.05, 3.63) is 21.4 Å². The van der Waals surface area contributed by atoms with E-state index in [9.17, 15) is 9.90 Å². The first-order chi connectivity index (χ1) is 5.15. The molecule has 0 spiro atoms. The molecule has 2 nitrogen and oxygen atoms in total. The summed E-state index contributed by atoms with van der Waals surface area (Å²) in [5.74, 6) is 0. The summed E-state index contributed by atoms with van der Waals surface area (Å²) in [7, 11) is 0. The van der Waals surface area contributed by atoms with Gasteiger partial charge in [-0.1, -0.05) is 0 Å². The number of thiophene rings is 1. The topological polar surface area (TPSA) is 37.3 Å². The number of aldehydes is 1. The van der Waals surface area contributed by atoms with Gasteiger partial charge in [0, 0.05) is 4.88 Å². The first kappa shape index (κ1) is 8.43. The van der Waals surface area contributed by atoms with Crippen LogP contribution in [-0.4, -0.2) is 11.4 Å². The van der Waals surface area contributed by atoms with Crippen molar-refractivity contribution < 1.29 is 9.90 Å². The number of aliphatic hydroxyl groups is 1. The summed E-state index contributed by atoms with van der Waals surface area (Å²) >= 11 is 1.41. The van der Waals surface area contributed by atoms with E-state index in [0.717, 1.165) is 16.7 Å². The first-order valence-corrected chi connectivity index (χ1v) is 4.20. The van der Waals surface area contributed by atoms with Crippen molar-refractivity contribution in [1.82, 2.24) is 0 Å². The fourth-order valence-corrected chi connectivity index (χ4v) is 1.93. The zero-order valence-electron chi connectivity index (χ0n) is 6.50. The molecule has 0 saturated heterocycles. The molecule has 0 radical (unpaired) electrons. The Bertz CT molecular complexity index is 263. The Morgan fingerprint density at radius 1 is 1.73 bits per heavy atom. The third-order valence-electron chi connectivity index (χ3n) is 1.54. The van der Waals surface area contributed by atoms with Crippen LogP contribution in [0.4, 0.5) is 0 Å². The highest BCUT2D eigenvalue weighted by molar-refractivity contribution is 7.13. The fourth-order valence-electron chi connectivity index (χ4n) is 0.993. The molecule has 11 heavy (non-hydrogen) atoms. The molecule has 1 unspecified atom stereocenters. The van der Waals surface area contributed by atoms with Crippen LogP contribution < -0.4 is 0 Å². The molecule has 0 amide bonds. The highest BCUT2D eigenvalue weighted by Crippen LogP contribution is 2.25. The van der Waals surface area contributed by atoms with E-state index in [1.54, 1.807) is 13.0 Å². The number of hydrogen-bond acceptors (Lipinski definition) is 3. The Morgan fingerprint density at radius 3 is 2.64 bits per heavy atom. The summed E-state index contributed by atoms with van der Waals surface area (Å²) in [6, 6.07) is 1.73. The number of carbonyl (C=O) groups is 1. The van der Waals surface area contributed by atoms with E-state index in [1.807, 2.05) is 6.92 Å². The second-order valence-electron chi connectivity index (χ2n) is 2.45. The first-order valence-electron chi connectivity index (χ1n) is 3.38. The summed E-state index contributed by atoms with van der Waals surface area (Å²) in [6.45, 7) is 3.60. The number of carbonyl (C=O) groups excluding carboxylic acids is 1. The number of aliphatic hydroxyl groups excluding tert-OH is 1. The van der Waals surface area contributed by atoms with Crippen molar-refractivity contribution in [2.75, 3.05) is 0 Å². The second-order valence-corrected chi connectivity index (χ2v) is 3.74. The van der Waals surface area contributed by atoms with E-state index >= 15 is 0 Å². The van der Waals surface area contributed by atoms with Crippen LogP contribution in [-0.2, 0) is 0 Å². The maximum Gasteiger partial charge on any atom is 0.160 e. The minimum absolute atomic E-state index is 0.472. The van der Waals surface area contributed by atoms with Gasteiger partial charge >= 0.3 is 0 Å². The van der Waals surface area contributed by atoms with Crippen LogP contribution in [0.25, 0.3) is 0 Å². The Kier molecular flexibility index (Phi) is 2.42. The molecule has 3 heteroatoms. The maximum absolute atomic E-state index is 10.3. The van der Waals surface area contributed by atoms with Gasteiger partial charge in [0.15, 0.2) is 6.29 Å². The minimum atomic E-state index is -0.472. The van der Waals surface area contributed by atoms with Crippen molar-refractivity contribution in [2.24, 2.45) is 0 Å². The van der Waals surface area contributed by atoms with Crippen LogP contribution in [0, 0.1) is 6.92 Å². The van der Waals surface area contributed by atoms with E-state index in [2.05, 4.69) is 0 Å². The summed E-state index contributed by atoms with van der Waals surface area (Å²) in [5, 5.41) is 9.20. The van der Waals surface area contributed by atoms with Crippen LogP contribution >= 0.6 is 11.3 Å². The molecular formula is C8H10O2S. The van der Waals surface area contributed by atoms with Gasteiger partial charge in [-0.15, -0.1) is 11.3 Å². The molecule has 1 aromatic rings. The standard InChI is InChI=1S/C8H10O2S/c1-5(10)8-3-7(4-9)11-6(8)2/h3-5,10H,1-2H3. The van der Waals surface area contributed by atoms with E-state index in [1.165, 1.54) is 11.3 Å². The summed E-state index contributed by atoms with van der Waals surface area (Å²) in [4.78, 5) is 12.0. The van der Waals surface area contributed by atoms with Gasteiger partial charge in [-0.25, -0.2) is 0 Å². The van der Waals surface area contributed by atoms with E-state index in [0.29, 0.717) is 4.88 Å². The molecule has 0 aliphatic carbocycles. The third kappa shape index (κ3) is 1.67. The minimum Gasteiger partial charge on any atom is -0.389 e.